The molecule has 0 spiro atoms. The summed E-state index contributed by atoms with van der Waals surface area (Å²) < 4.78 is 37.9. The third-order valence-electron chi connectivity index (χ3n) is 3.81. The number of sulfonamides is 1. The summed E-state index contributed by atoms with van der Waals surface area (Å²) in [5.41, 5.74) is 1.76. The van der Waals surface area contributed by atoms with Crippen LogP contribution in [-0.4, -0.2) is 30.9 Å². The van der Waals surface area contributed by atoms with Gasteiger partial charge in [-0.1, -0.05) is 6.07 Å². The Hall–Kier alpha value is -2.12. The molecule has 0 saturated carbocycles. The zero-order valence-corrected chi connectivity index (χ0v) is 12.5. The van der Waals surface area contributed by atoms with Gasteiger partial charge in [0.15, 0.2) is 11.5 Å². The number of hydrogen-bond acceptors (Lipinski definition) is 5. The number of aromatic nitrogens is 1. The summed E-state index contributed by atoms with van der Waals surface area (Å²) in [5, 5.41) is 0. The summed E-state index contributed by atoms with van der Waals surface area (Å²) in [6.45, 7) is 1.55. The Morgan fingerprint density at radius 1 is 1.05 bits per heavy atom. The first kappa shape index (κ1) is 13.5. The number of benzene rings is 1. The molecule has 0 radical (unpaired) electrons. The second kappa shape index (κ2) is 4.96. The van der Waals surface area contributed by atoms with Crippen LogP contribution < -0.4 is 9.47 Å². The highest BCUT2D eigenvalue weighted by Gasteiger charge is 2.32. The van der Waals surface area contributed by atoms with Gasteiger partial charge in [-0.15, -0.1) is 0 Å². The summed E-state index contributed by atoms with van der Waals surface area (Å²) in [6, 6.07) is 8.45. The van der Waals surface area contributed by atoms with Gasteiger partial charge in [0.2, 0.25) is 10.0 Å². The number of nitrogens with zero attached hydrogens (tertiary/aromatic N) is 2. The first-order valence-corrected chi connectivity index (χ1v) is 8.41. The number of pyridine rings is 1. The van der Waals surface area contributed by atoms with E-state index >= 15 is 0 Å². The van der Waals surface area contributed by atoms with E-state index in [-0.39, 0.29) is 4.90 Å². The fraction of sp³-hybridized carbons (Fsp3) is 0.267. The minimum Gasteiger partial charge on any atom is -0.486 e. The van der Waals surface area contributed by atoms with Crippen molar-refractivity contribution in [2.24, 2.45) is 0 Å². The van der Waals surface area contributed by atoms with E-state index in [4.69, 9.17) is 9.47 Å². The summed E-state index contributed by atoms with van der Waals surface area (Å²) in [5.74, 6) is 1.05. The zero-order valence-electron chi connectivity index (χ0n) is 11.7. The van der Waals surface area contributed by atoms with Crippen LogP contribution in [0.5, 0.6) is 11.5 Å². The second-order valence-electron chi connectivity index (χ2n) is 5.19. The maximum absolute atomic E-state index is 12.8. The van der Waals surface area contributed by atoms with Crippen LogP contribution in [0.2, 0.25) is 0 Å². The van der Waals surface area contributed by atoms with Crippen molar-refractivity contribution in [1.29, 1.82) is 0 Å². The standard InChI is InChI=1S/C15H14N2O4S/c18-22(19,17-9-11-2-1-5-16-13(11)10-17)12-3-4-14-15(8-12)21-7-6-20-14/h1-5,8H,6-7,9-10H2. The molecule has 0 N–H and O–H groups in total. The fourth-order valence-electron chi connectivity index (χ4n) is 2.67. The molecule has 1 aromatic carbocycles. The van der Waals surface area contributed by atoms with E-state index in [0.29, 0.717) is 37.8 Å². The SMILES string of the molecule is O=S(=O)(c1ccc2c(c1)OCCO2)N1Cc2cccnc2C1. The predicted octanol–water partition coefficient (Wildman–Crippen LogP) is 1.56. The molecule has 1 aromatic heterocycles. The minimum absolute atomic E-state index is 0.213. The van der Waals surface area contributed by atoms with Gasteiger partial charge in [-0.25, -0.2) is 8.42 Å². The quantitative estimate of drug-likeness (QED) is 0.840. The van der Waals surface area contributed by atoms with Gasteiger partial charge in [0.1, 0.15) is 13.2 Å². The summed E-state index contributed by atoms with van der Waals surface area (Å²) >= 11 is 0. The average Bonchev–Trinajstić information content (AvgIpc) is 2.99. The Kier molecular flexibility index (Phi) is 3.05. The van der Waals surface area contributed by atoms with E-state index in [0.717, 1.165) is 11.3 Å². The highest BCUT2D eigenvalue weighted by molar-refractivity contribution is 7.89. The molecular formula is C15H14N2O4S. The first-order valence-electron chi connectivity index (χ1n) is 6.97. The van der Waals surface area contributed by atoms with Crippen LogP contribution in [-0.2, 0) is 23.1 Å². The number of rotatable bonds is 2. The highest BCUT2D eigenvalue weighted by atomic mass is 32.2. The van der Waals surface area contributed by atoms with Crippen LogP contribution in [0.4, 0.5) is 0 Å². The maximum Gasteiger partial charge on any atom is 0.243 e. The molecule has 114 valence electrons. The fourth-order valence-corrected chi connectivity index (χ4v) is 4.07. The van der Waals surface area contributed by atoms with Crippen LogP contribution in [0.25, 0.3) is 0 Å². The Morgan fingerprint density at radius 3 is 2.68 bits per heavy atom. The van der Waals surface area contributed by atoms with Gasteiger partial charge in [-0.2, -0.15) is 4.31 Å². The zero-order chi connectivity index (χ0) is 15.2. The molecule has 0 unspecified atom stereocenters. The monoisotopic (exact) mass is 318 g/mol. The van der Waals surface area contributed by atoms with Crippen molar-refractivity contribution in [1.82, 2.24) is 9.29 Å². The molecule has 0 saturated heterocycles. The lowest BCUT2D eigenvalue weighted by atomic mass is 10.2. The topological polar surface area (TPSA) is 68.7 Å². The van der Waals surface area contributed by atoms with Gasteiger partial charge >= 0.3 is 0 Å². The average molecular weight is 318 g/mol. The lowest BCUT2D eigenvalue weighted by Gasteiger charge is -2.20. The lowest BCUT2D eigenvalue weighted by Crippen LogP contribution is -2.26. The third kappa shape index (κ3) is 2.13. The van der Waals surface area contributed by atoms with Gasteiger partial charge in [0.25, 0.3) is 0 Å². The van der Waals surface area contributed by atoms with Gasteiger partial charge < -0.3 is 9.47 Å². The van der Waals surface area contributed by atoms with Crippen molar-refractivity contribution >= 4 is 10.0 Å². The van der Waals surface area contributed by atoms with Crippen molar-refractivity contribution in [3.8, 4) is 11.5 Å². The van der Waals surface area contributed by atoms with Gasteiger partial charge in [0, 0.05) is 18.8 Å². The van der Waals surface area contributed by atoms with Crippen molar-refractivity contribution in [3.05, 3.63) is 47.8 Å². The first-order chi connectivity index (χ1) is 10.6. The molecule has 0 fully saturated rings. The molecule has 0 aliphatic carbocycles. The molecule has 22 heavy (non-hydrogen) atoms. The maximum atomic E-state index is 12.8. The normalized spacial score (nSPS) is 17.3. The molecular weight excluding hydrogens is 304 g/mol. The number of fused-ring (bicyclic) bond motifs is 2. The molecule has 6 nitrogen and oxygen atoms in total. The minimum atomic E-state index is -3.58. The molecule has 0 atom stereocenters. The summed E-state index contributed by atoms with van der Waals surface area (Å²) in [6.07, 6.45) is 1.68. The number of hydrogen-bond donors (Lipinski definition) is 0. The van der Waals surface area contributed by atoms with Crippen LogP contribution in [0.1, 0.15) is 11.3 Å². The Labute approximate surface area is 128 Å². The van der Waals surface area contributed by atoms with Crippen LogP contribution in [0.3, 0.4) is 0 Å². The number of ether oxygens (including phenoxy) is 2. The summed E-state index contributed by atoms with van der Waals surface area (Å²) in [7, 11) is -3.58. The van der Waals surface area contributed by atoms with Crippen LogP contribution >= 0.6 is 0 Å². The lowest BCUT2D eigenvalue weighted by molar-refractivity contribution is 0.171. The smallest absolute Gasteiger partial charge is 0.243 e. The van der Waals surface area contributed by atoms with Gasteiger partial charge in [-0.3, -0.25) is 4.98 Å². The predicted molar refractivity (Wildman–Crippen MR) is 78.1 cm³/mol. The van der Waals surface area contributed by atoms with Crippen molar-refractivity contribution < 1.29 is 17.9 Å². The molecule has 2 aromatic rings. The van der Waals surface area contributed by atoms with Gasteiger partial charge in [0.05, 0.1) is 17.1 Å². The van der Waals surface area contributed by atoms with E-state index in [1.807, 2.05) is 12.1 Å². The van der Waals surface area contributed by atoms with Crippen molar-refractivity contribution in [2.75, 3.05) is 13.2 Å². The highest BCUT2D eigenvalue weighted by Crippen LogP contribution is 2.34. The van der Waals surface area contributed by atoms with Crippen LogP contribution in [0, 0.1) is 0 Å². The Balaban J connectivity index is 1.67. The molecule has 4 rings (SSSR count). The van der Waals surface area contributed by atoms with Crippen molar-refractivity contribution in [3.63, 3.8) is 0 Å². The molecule has 2 aliphatic rings. The molecule has 3 heterocycles. The molecule has 0 amide bonds. The largest absolute Gasteiger partial charge is 0.486 e. The van der Waals surface area contributed by atoms with E-state index in [1.54, 1.807) is 18.3 Å². The molecule has 7 heteroatoms. The van der Waals surface area contributed by atoms with E-state index in [9.17, 15) is 8.42 Å². The Bertz CT molecular complexity index is 810. The van der Waals surface area contributed by atoms with E-state index < -0.39 is 10.0 Å². The summed E-state index contributed by atoms with van der Waals surface area (Å²) in [4.78, 5) is 4.45. The van der Waals surface area contributed by atoms with Gasteiger partial charge in [-0.05, 0) is 23.8 Å². The van der Waals surface area contributed by atoms with Crippen molar-refractivity contribution in [2.45, 2.75) is 18.0 Å². The molecule has 2 aliphatic heterocycles. The second-order valence-corrected chi connectivity index (χ2v) is 7.13. The molecule has 0 bridgehead atoms. The van der Waals surface area contributed by atoms with E-state index in [2.05, 4.69) is 4.98 Å². The third-order valence-corrected chi connectivity index (χ3v) is 5.60. The van der Waals surface area contributed by atoms with E-state index in [1.165, 1.54) is 10.4 Å². The Morgan fingerprint density at radius 2 is 1.86 bits per heavy atom. The van der Waals surface area contributed by atoms with Crippen LogP contribution in [0.15, 0.2) is 41.4 Å².